The second kappa shape index (κ2) is 17.3. The average Bonchev–Trinajstić information content (AvgIpc) is 3.60. The minimum absolute atomic E-state index is 0.0116. The molecule has 51 heavy (non-hydrogen) atoms. The number of amides is 2. The first-order valence-electron chi connectivity index (χ1n) is 16.7. The minimum Gasteiger partial charge on any atom is -0.467 e. The van der Waals surface area contributed by atoms with Crippen LogP contribution in [0.25, 0.3) is 11.1 Å². The van der Waals surface area contributed by atoms with E-state index in [2.05, 4.69) is 20.8 Å². The number of aryl methyl sites for hydroxylation is 1. The minimum atomic E-state index is -0.812. The summed E-state index contributed by atoms with van der Waals surface area (Å²) in [5.74, 6) is 0.178. The molecule has 1 aliphatic heterocycles. The normalized spacial score (nSPS) is 17.7. The molecule has 2 amide bonds. The van der Waals surface area contributed by atoms with Crippen LogP contribution >= 0.6 is 11.8 Å². The van der Waals surface area contributed by atoms with Crippen molar-refractivity contribution in [2.24, 2.45) is 7.05 Å². The number of aliphatic hydroxyl groups is 1. The molecule has 12 heteroatoms. The molecule has 0 bridgehead atoms. The highest BCUT2D eigenvalue weighted by Gasteiger charge is 2.32. The van der Waals surface area contributed by atoms with Crippen molar-refractivity contribution in [1.82, 2.24) is 25.4 Å². The molecule has 4 atom stereocenters. The second-order valence-corrected chi connectivity index (χ2v) is 13.3. The van der Waals surface area contributed by atoms with Gasteiger partial charge in [-0.3, -0.25) is 0 Å². The van der Waals surface area contributed by atoms with Gasteiger partial charge in [0.25, 0.3) is 0 Å². The molecule has 0 spiro atoms. The van der Waals surface area contributed by atoms with E-state index in [1.165, 1.54) is 7.11 Å². The Morgan fingerprint density at radius 2 is 1.67 bits per heavy atom. The van der Waals surface area contributed by atoms with E-state index in [1.54, 1.807) is 18.1 Å². The molecule has 3 N–H and O–H groups in total. The summed E-state index contributed by atoms with van der Waals surface area (Å²) in [6.07, 6.45) is 1.81. The lowest BCUT2D eigenvalue weighted by molar-refractivity contribution is -0.245. The quantitative estimate of drug-likeness (QED) is 0.101. The van der Waals surface area contributed by atoms with Crippen molar-refractivity contribution in [3.63, 3.8) is 0 Å². The number of carbonyl (C=O) groups is 2. The summed E-state index contributed by atoms with van der Waals surface area (Å²) in [7, 11) is 3.23. The van der Waals surface area contributed by atoms with Crippen molar-refractivity contribution in [2.75, 3.05) is 12.9 Å². The lowest BCUT2D eigenvalue weighted by Crippen LogP contribution is -2.47. The maximum atomic E-state index is 12.8. The van der Waals surface area contributed by atoms with Gasteiger partial charge in [-0.15, -0.1) is 10.2 Å². The van der Waals surface area contributed by atoms with Crippen molar-refractivity contribution in [2.45, 2.75) is 55.7 Å². The van der Waals surface area contributed by atoms with Crippen LogP contribution in [0.2, 0.25) is 0 Å². The monoisotopic (exact) mass is 707 g/mol. The lowest BCUT2D eigenvalue weighted by atomic mass is 9.99. The number of nitrogens with one attached hydrogen (secondary N) is 2. The Kier molecular flexibility index (Phi) is 12.1. The Balaban J connectivity index is 1.10. The molecular weight excluding hydrogens is 667 g/mol. The Hall–Kier alpha value is -5.01. The Bertz CT molecular complexity index is 1890. The summed E-state index contributed by atoms with van der Waals surface area (Å²) in [6, 6.07) is 32.1. The van der Waals surface area contributed by atoms with Crippen LogP contribution in [-0.2, 0) is 45.6 Å². The fourth-order valence-corrected chi connectivity index (χ4v) is 6.77. The van der Waals surface area contributed by atoms with Gasteiger partial charge < -0.3 is 34.5 Å². The van der Waals surface area contributed by atoms with Crippen LogP contribution in [0.5, 0.6) is 0 Å². The molecule has 4 aromatic carbocycles. The number of urea groups is 1. The maximum Gasteiger partial charge on any atom is 0.328 e. The van der Waals surface area contributed by atoms with Crippen molar-refractivity contribution >= 4 is 23.8 Å². The number of esters is 1. The highest BCUT2D eigenvalue weighted by Crippen LogP contribution is 2.39. The first-order chi connectivity index (χ1) is 24.9. The van der Waals surface area contributed by atoms with Gasteiger partial charge in [0.05, 0.1) is 25.9 Å². The molecule has 0 saturated carbocycles. The number of hydrogen-bond acceptors (Lipinski definition) is 9. The molecule has 264 valence electrons. The Morgan fingerprint density at radius 1 is 0.922 bits per heavy atom. The first kappa shape index (κ1) is 35.8. The van der Waals surface area contributed by atoms with Crippen LogP contribution < -0.4 is 10.6 Å². The van der Waals surface area contributed by atoms with Gasteiger partial charge in [-0.25, -0.2) is 9.59 Å². The fraction of sp³-hybridized carbons (Fsp3) is 0.282. The van der Waals surface area contributed by atoms with E-state index in [-0.39, 0.29) is 25.4 Å². The molecular formula is C39H41N5O6S. The Morgan fingerprint density at radius 3 is 2.37 bits per heavy atom. The molecule has 1 aromatic heterocycles. The van der Waals surface area contributed by atoms with Crippen LogP contribution in [0, 0.1) is 0 Å². The summed E-state index contributed by atoms with van der Waals surface area (Å²) in [6.45, 7) is 0.261. The van der Waals surface area contributed by atoms with Gasteiger partial charge in [-0.1, -0.05) is 109 Å². The summed E-state index contributed by atoms with van der Waals surface area (Å²) in [4.78, 5) is 25.2. The molecule has 6 rings (SSSR count). The van der Waals surface area contributed by atoms with Crippen LogP contribution in [0.1, 0.15) is 46.6 Å². The Labute approximate surface area is 301 Å². The largest absolute Gasteiger partial charge is 0.467 e. The van der Waals surface area contributed by atoms with Crippen LogP contribution in [0.15, 0.2) is 115 Å². The summed E-state index contributed by atoms with van der Waals surface area (Å²) >= 11 is 1.60. The van der Waals surface area contributed by atoms with E-state index >= 15 is 0 Å². The zero-order valence-corrected chi connectivity index (χ0v) is 29.3. The van der Waals surface area contributed by atoms with E-state index in [0.717, 1.165) is 44.1 Å². The summed E-state index contributed by atoms with van der Waals surface area (Å²) in [5.41, 5.74) is 6.58. The van der Waals surface area contributed by atoms with Gasteiger partial charge in [-0.05, 0) is 39.4 Å². The van der Waals surface area contributed by atoms with Gasteiger partial charge in [0.15, 0.2) is 11.4 Å². The summed E-state index contributed by atoms with van der Waals surface area (Å²) < 4.78 is 19.8. The van der Waals surface area contributed by atoms with E-state index in [0.29, 0.717) is 18.6 Å². The van der Waals surface area contributed by atoms with Gasteiger partial charge in [0, 0.05) is 37.8 Å². The van der Waals surface area contributed by atoms with Gasteiger partial charge in [0.2, 0.25) is 0 Å². The number of rotatable bonds is 13. The zero-order valence-electron chi connectivity index (χ0n) is 28.5. The lowest BCUT2D eigenvalue weighted by Gasteiger charge is -2.36. The first-order valence-corrected chi connectivity index (χ1v) is 17.7. The number of nitrogens with zero attached hydrogens (tertiary/aromatic N) is 3. The molecule has 1 aliphatic rings. The third-order valence-corrected chi connectivity index (χ3v) is 9.82. The van der Waals surface area contributed by atoms with Crippen LogP contribution in [0.4, 0.5) is 4.79 Å². The molecule has 0 unspecified atom stereocenters. The van der Waals surface area contributed by atoms with Gasteiger partial charge >= 0.3 is 12.0 Å². The number of carbonyl (C=O) groups excluding carboxylic acids is 2. The third kappa shape index (κ3) is 9.62. The molecule has 5 aromatic rings. The molecule has 2 heterocycles. The highest BCUT2D eigenvalue weighted by atomic mass is 32.2. The van der Waals surface area contributed by atoms with Crippen molar-refractivity contribution in [3.8, 4) is 11.1 Å². The standard InChI is InChI=1S/C39H41N5O6S/c1-44-25-41-43-39(44)51-24-33-21-35(30-13-11-27(23-45)12-14-30)50-37(49-33)31-17-15-29(16-18-31)32-10-6-9-28(19-32)22-40-38(47)42-34(36(46)48-2)20-26-7-4-3-5-8-26/h3-19,25,33-35,37,45H,20-24H2,1-2H3,(H2,40,42,47)/t33-,34-,35+,37+/m0/s1. The number of aliphatic hydroxyl groups excluding tert-OH is 1. The molecule has 0 radical (unpaired) electrons. The SMILES string of the molecule is COC(=O)[C@H](Cc1ccccc1)NC(=O)NCc1cccc(-c2ccc([C@@H]3O[C@H](CSc4nncn4C)C[C@H](c4ccc(CO)cc4)O3)cc2)c1. The number of ether oxygens (including phenoxy) is 3. The predicted octanol–water partition coefficient (Wildman–Crippen LogP) is 5.90. The number of hydrogen-bond donors (Lipinski definition) is 3. The number of thioether (sulfide) groups is 1. The fourth-order valence-electron chi connectivity index (χ4n) is 5.86. The predicted molar refractivity (Wildman–Crippen MR) is 193 cm³/mol. The number of benzene rings is 4. The summed E-state index contributed by atoms with van der Waals surface area (Å²) in [5, 5.41) is 24.1. The molecule has 1 saturated heterocycles. The second-order valence-electron chi connectivity index (χ2n) is 12.3. The van der Waals surface area contributed by atoms with Crippen molar-refractivity contribution in [1.29, 1.82) is 0 Å². The van der Waals surface area contributed by atoms with Crippen molar-refractivity contribution < 1.29 is 28.9 Å². The topological polar surface area (TPSA) is 137 Å². The number of methoxy groups -OCH3 is 1. The van der Waals surface area contributed by atoms with E-state index < -0.39 is 24.3 Å². The highest BCUT2D eigenvalue weighted by molar-refractivity contribution is 7.99. The smallest absolute Gasteiger partial charge is 0.328 e. The third-order valence-electron chi connectivity index (χ3n) is 8.65. The van der Waals surface area contributed by atoms with Crippen molar-refractivity contribution in [3.05, 3.63) is 137 Å². The zero-order chi connectivity index (χ0) is 35.6. The van der Waals surface area contributed by atoms with Crippen LogP contribution in [-0.4, -0.2) is 56.9 Å². The van der Waals surface area contributed by atoms with E-state index in [4.69, 9.17) is 14.2 Å². The van der Waals surface area contributed by atoms with Crippen LogP contribution in [0.3, 0.4) is 0 Å². The molecule has 1 fully saturated rings. The molecule has 11 nitrogen and oxygen atoms in total. The average molecular weight is 708 g/mol. The van der Waals surface area contributed by atoms with Gasteiger partial charge in [-0.2, -0.15) is 0 Å². The van der Waals surface area contributed by atoms with E-state index in [9.17, 15) is 14.7 Å². The number of aromatic nitrogens is 3. The van der Waals surface area contributed by atoms with E-state index in [1.807, 2.05) is 115 Å². The molecule has 0 aliphatic carbocycles. The maximum absolute atomic E-state index is 12.8. The van der Waals surface area contributed by atoms with Gasteiger partial charge in [0.1, 0.15) is 12.4 Å².